The van der Waals surface area contributed by atoms with Gasteiger partial charge in [-0.2, -0.15) is 0 Å². The van der Waals surface area contributed by atoms with E-state index in [-0.39, 0.29) is 18.3 Å². The number of carbonyl (C=O) groups is 1. The van der Waals surface area contributed by atoms with Crippen molar-refractivity contribution in [2.24, 2.45) is 11.8 Å². The number of nitrogens with one attached hydrogen (secondary N) is 2. The van der Waals surface area contributed by atoms with Gasteiger partial charge in [0.25, 0.3) is 0 Å². The molecule has 0 bridgehead atoms. The van der Waals surface area contributed by atoms with Crippen molar-refractivity contribution in [2.75, 3.05) is 19.3 Å². The molecule has 1 saturated heterocycles. The molecule has 1 aliphatic heterocycles. The monoisotopic (exact) mass is 374 g/mol. The lowest BCUT2D eigenvalue weighted by Gasteiger charge is -2.28. The number of sulfone groups is 1. The Balaban J connectivity index is 0.00000288. The minimum atomic E-state index is -3.17. The summed E-state index contributed by atoms with van der Waals surface area (Å²) in [6, 6.07) is 6.64. The number of carbonyl (C=O) groups excluding carboxylic acids is 1. The molecule has 136 valence electrons. The average molecular weight is 375 g/mol. The van der Waals surface area contributed by atoms with Gasteiger partial charge in [-0.3, -0.25) is 4.79 Å². The highest BCUT2D eigenvalue weighted by atomic mass is 35.5. The zero-order valence-corrected chi connectivity index (χ0v) is 15.9. The summed E-state index contributed by atoms with van der Waals surface area (Å²) in [4.78, 5) is 12.4. The molecule has 1 aliphatic rings. The summed E-state index contributed by atoms with van der Waals surface area (Å²) < 4.78 is 22.8. The molecule has 2 rings (SSSR count). The first kappa shape index (κ1) is 20.9. The van der Waals surface area contributed by atoms with Gasteiger partial charge in [0, 0.05) is 19.2 Å². The van der Waals surface area contributed by atoms with E-state index in [1.54, 1.807) is 24.3 Å². The summed E-state index contributed by atoms with van der Waals surface area (Å²) in [5.41, 5.74) is 0.901. The predicted octanol–water partition coefficient (Wildman–Crippen LogP) is 2.15. The van der Waals surface area contributed by atoms with Gasteiger partial charge in [0.1, 0.15) is 0 Å². The Morgan fingerprint density at radius 1 is 1.33 bits per heavy atom. The fraction of sp³-hybridized carbons (Fsp3) is 0.588. The molecule has 1 amide bonds. The van der Waals surface area contributed by atoms with E-state index < -0.39 is 9.84 Å². The molecule has 2 N–H and O–H groups in total. The maximum absolute atomic E-state index is 12.1. The molecule has 0 aromatic heterocycles. The molecule has 5 nitrogen and oxygen atoms in total. The Labute approximate surface area is 150 Å². The lowest BCUT2D eigenvalue weighted by Crippen LogP contribution is -2.35. The van der Waals surface area contributed by atoms with Crippen LogP contribution in [0, 0.1) is 11.8 Å². The van der Waals surface area contributed by atoms with E-state index >= 15 is 0 Å². The minimum absolute atomic E-state index is 0. The van der Waals surface area contributed by atoms with Crippen molar-refractivity contribution < 1.29 is 13.2 Å². The molecular weight excluding hydrogens is 348 g/mol. The number of rotatable bonds is 6. The topological polar surface area (TPSA) is 75.3 Å². The van der Waals surface area contributed by atoms with Crippen molar-refractivity contribution in [3.63, 3.8) is 0 Å². The second kappa shape index (κ2) is 9.39. The highest BCUT2D eigenvalue weighted by molar-refractivity contribution is 7.90. The molecular formula is C17H27ClN2O3S. The molecule has 2 atom stereocenters. The van der Waals surface area contributed by atoms with Gasteiger partial charge in [-0.25, -0.2) is 8.42 Å². The maximum atomic E-state index is 12.1. The van der Waals surface area contributed by atoms with Gasteiger partial charge in [-0.1, -0.05) is 19.1 Å². The average Bonchev–Trinajstić information content (AvgIpc) is 2.53. The van der Waals surface area contributed by atoms with Crippen LogP contribution in [0.5, 0.6) is 0 Å². The fourth-order valence-electron chi connectivity index (χ4n) is 2.95. The lowest BCUT2D eigenvalue weighted by molar-refractivity contribution is -0.122. The van der Waals surface area contributed by atoms with Gasteiger partial charge in [-0.05, 0) is 55.5 Å². The van der Waals surface area contributed by atoms with E-state index in [4.69, 9.17) is 0 Å². The molecule has 2 unspecified atom stereocenters. The molecule has 1 fully saturated rings. The summed E-state index contributed by atoms with van der Waals surface area (Å²) in [5, 5.41) is 6.30. The van der Waals surface area contributed by atoms with E-state index in [0.29, 0.717) is 29.7 Å². The Bertz CT molecular complexity index is 626. The molecule has 0 aliphatic carbocycles. The third-order valence-corrected chi connectivity index (χ3v) is 5.62. The summed E-state index contributed by atoms with van der Waals surface area (Å²) in [5.74, 6) is 0.995. The van der Waals surface area contributed by atoms with Crippen LogP contribution in [-0.4, -0.2) is 33.7 Å². The Kier molecular flexibility index (Phi) is 8.19. The molecule has 1 heterocycles. The zero-order valence-electron chi connectivity index (χ0n) is 14.2. The van der Waals surface area contributed by atoms with Crippen LogP contribution in [0.4, 0.5) is 0 Å². The first-order valence-electron chi connectivity index (χ1n) is 8.12. The van der Waals surface area contributed by atoms with Gasteiger partial charge in [-0.15, -0.1) is 12.4 Å². The third-order valence-electron chi connectivity index (χ3n) is 4.49. The second-order valence-electron chi connectivity index (χ2n) is 6.48. The van der Waals surface area contributed by atoms with Crippen molar-refractivity contribution >= 4 is 28.2 Å². The third kappa shape index (κ3) is 6.42. The number of piperidine rings is 1. The lowest BCUT2D eigenvalue weighted by atomic mass is 9.85. The van der Waals surface area contributed by atoms with Crippen molar-refractivity contribution in [2.45, 2.75) is 37.6 Å². The van der Waals surface area contributed by atoms with Crippen LogP contribution in [0.3, 0.4) is 0 Å². The van der Waals surface area contributed by atoms with Crippen molar-refractivity contribution in [3.05, 3.63) is 29.8 Å². The second-order valence-corrected chi connectivity index (χ2v) is 8.50. The Morgan fingerprint density at radius 3 is 2.54 bits per heavy atom. The maximum Gasteiger partial charge on any atom is 0.220 e. The van der Waals surface area contributed by atoms with Crippen LogP contribution >= 0.6 is 12.4 Å². The van der Waals surface area contributed by atoms with Crippen LogP contribution in [0.25, 0.3) is 0 Å². The van der Waals surface area contributed by atoms with Gasteiger partial charge in [0.15, 0.2) is 9.84 Å². The molecule has 0 radical (unpaired) electrons. The van der Waals surface area contributed by atoms with E-state index in [9.17, 15) is 13.2 Å². The number of amides is 1. The summed E-state index contributed by atoms with van der Waals surface area (Å²) in [6.45, 7) is 4.65. The highest BCUT2D eigenvalue weighted by Crippen LogP contribution is 2.22. The van der Waals surface area contributed by atoms with Gasteiger partial charge < -0.3 is 10.6 Å². The number of halogens is 1. The van der Waals surface area contributed by atoms with Crippen LogP contribution in [0.1, 0.15) is 31.7 Å². The summed E-state index contributed by atoms with van der Waals surface area (Å²) >= 11 is 0. The van der Waals surface area contributed by atoms with Crippen molar-refractivity contribution in [1.82, 2.24) is 10.6 Å². The largest absolute Gasteiger partial charge is 0.352 e. The standard InChI is InChI=1S/C17H26N2O3S.ClH/c1-13(15-4-3-9-18-12-15)10-17(20)19-11-14-5-7-16(8-6-14)23(2,21)22;/h5-8,13,15,18H,3-4,9-12H2,1-2H3,(H,19,20);1H. The van der Waals surface area contributed by atoms with Gasteiger partial charge >= 0.3 is 0 Å². The van der Waals surface area contributed by atoms with E-state index in [1.807, 2.05) is 0 Å². The van der Waals surface area contributed by atoms with Crippen LogP contribution in [0.15, 0.2) is 29.2 Å². The van der Waals surface area contributed by atoms with E-state index in [1.165, 1.54) is 19.1 Å². The number of hydrogen-bond donors (Lipinski definition) is 2. The summed E-state index contributed by atoms with van der Waals surface area (Å²) in [6.07, 6.45) is 4.09. The first-order valence-corrected chi connectivity index (χ1v) is 10.0. The van der Waals surface area contributed by atoms with E-state index in [2.05, 4.69) is 17.6 Å². The molecule has 24 heavy (non-hydrogen) atoms. The minimum Gasteiger partial charge on any atom is -0.352 e. The highest BCUT2D eigenvalue weighted by Gasteiger charge is 2.21. The molecule has 0 saturated carbocycles. The smallest absolute Gasteiger partial charge is 0.220 e. The number of benzene rings is 1. The predicted molar refractivity (Wildman–Crippen MR) is 98.0 cm³/mol. The molecule has 1 aromatic carbocycles. The SMILES string of the molecule is CC(CC(=O)NCc1ccc(S(C)(=O)=O)cc1)C1CCCNC1.Cl. The van der Waals surface area contributed by atoms with Gasteiger partial charge in [0.2, 0.25) is 5.91 Å². The Morgan fingerprint density at radius 2 is 2.00 bits per heavy atom. The molecule has 0 spiro atoms. The van der Waals surface area contributed by atoms with E-state index in [0.717, 1.165) is 18.7 Å². The first-order chi connectivity index (χ1) is 10.9. The van der Waals surface area contributed by atoms with Crippen molar-refractivity contribution in [1.29, 1.82) is 0 Å². The fourth-order valence-corrected chi connectivity index (χ4v) is 3.58. The van der Waals surface area contributed by atoms with Crippen LogP contribution in [0.2, 0.25) is 0 Å². The molecule has 1 aromatic rings. The molecule has 7 heteroatoms. The summed E-state index contributed by atoms with van der Waals surface area (Å²) in [7, 11) is -3.17. The normalized spacial score (nSPS) is 19.2. The zero-order chi connectivity index (χ0) is 16.9. The van der Waals surface area contributed by atoms with Crippen LogP contribution < -0.4 is 10.6 Å². The Hall–Kier alpha value is -1.11. The van der Waals surface area contributed by atoms with Gasteiger partial charge in [0.05, 0.1) is 4.90 Å². The van der Waals surface area contributed by atoms with Crippen LogP contribution in [-0.2, 0) is 21.2 Å². The number of hydrogen-bond acceptors (Lipinski definition) is 4. The quantitative estimate of drug-likeness (QED) is 0.800. The van der Waals surface area contributed by atoms with Crippen molar-refractivity contribution in [3.8, 4) is 0 Å².